The molecule has 0 bridgehead atoms. The number of hydrogen-bond donors (Lipinski definition) is 4. The van der Waals surface area contributed by atoms with Gasteiger partial charge in [-0.05, 0) is 38.7 Å². The monoisotopic (exact) mass is 474 g/mol. The second kappa shape index (κ2) is 12.6. The number of aldehydes is 1. The highest BCUT2D eigenvalue weighted by Crippen LogP contribution is 2.34. The molecule has 176 valence electrons. The lowest BCUT2D eigenvalue weighted by Gasteiger charge is -2.21. The molecule has 32 heavy (non-hydrogen) atoms. The summed E-state index contributed by atoms with van der Waals surface area (Å²) in [6, 6.07) is 3.43. The van der Waals surface area contributed by atoms with Gasteiger partial charge in [0.25, 0.3) is 0 Å². The van der Waals surface area contributed by atoms with Crippen LogP contribution in [0.5, 0.6) is 0 Å². The molecule has 0 radical (unpaired) electrons. The van der Waals surface area contributed by atoms with Crippen molar-refractivity contribution < 1.29 is 22.8 Å². The largest absolute Gasteiger partial charge is 0.416 e. The van der Waals surface area contributed by atoms with Crippen LogP contribution in [0, 0.1) is 5.41 Å². The number of nitrogen functional groups attached to an aromatic ring is 3. The highest BCUT2D eigenvalue weighted by Gasteiger charge is 2.31. The van der Waals surface area contributed by atoms with Crippen LogP contribution in [0.2, 0.25) is 5.02 Å². The van der Waals surface area contributed by atoms with Gasteiger partial charge >= 0.3 is 6.18 Å². The van der Waals surface area contributed by atoms with Crippen molar-refractivity contribution in [3.05, 3.63) is 46.1 Å². The lowest BCUT2D eigenvalue weighted by Crippen LogP contribution is -2.17. The summed E-state index contributed by atoms with van der Waals surface area (Å²) in [7, 11) is 3.69. The molecule has 1 aromatic carbocycles. The Bertz CT molecular complexity index is 952. The number of nitrogens with one attached hydrogen (secondary N) is 1. The van der Waals surface area contributed by atoms with Crippen molar-refractivity contribution in [2.24, 2.45) is 0 Å². The molecule has 0 aliphatic heterocycles. The number of hydrogen-bond acceptors (Lipinski definition) is 8. The molecule has 0 fully saturated rings. The number of anilines is 3. The van der Waals surface area contributed by atoms with Gasteiger partial charge in [0, 0.05) is 24.2 Å². The van der Waals surface area contributed by atoms with E-state index in [0.717, 1.165) is 18.3 Å². The zero-order valence-corrected chi connectivity index (χ0v) is 18.8. The van der Waals surface area contributed by atoms with E-state index in [9.17, 15) is 18.0 Å². The molecule has 0 amide bonds. The molecule has 0 aliphatic rings. The number of carbonyl (C=O) groups is 2. The van der Waals surface area contributed by atoms with E-state index in [1.807, 2.05) is 25.9 Å². The van der Waals surface area contributed by atoms with Crippen molar-refractivity contribution in [1.82, 2.24) is 9.88 Å². The van der Waals surface area contributed by atoms with Gasteiger partial charge in [0.2, 0.25) is 0 Å². The SMILES string of the molecule is CC(=O)C=O.CC(c1ccc(C(F)(F)F)cc1Cl)N(C)C.N=Cc1c(N)ncc(N)c1N. The summed E-state index contributed by atoms with van der Waals surface area (Å²) < 4.78 is 37.2. The lowest BCUT2D eigenvalue weighted by molar-refractivity contribution is -0.137. The van der Waals surface area contributed by atoms with E-state index in [4.69, 9.17) is 39.0 Å². The Labute approximate surface area is 189 Å². The minimum atomic E-state index is -4.34. The number of ketones is 1. The van der Waals surface area contributed by atoms with Crippen molar-refractivity contribution >= 4 is 47.1 Å². The number of aromatic nitrogens is 1. The Hall–Kier alpha value is -3.18. The summed E-state index contributed by atoms with van der Waals surface area (Å²) in [5, 5.41) is 7.09. The molecule has 0 aliphatic carbocycles. The maximum atomic E-state index is 12.4. The van der Waals surface area contributed by atoms with Gasteiger partial charge in [0.1, 0.15) is 5.82 Å². The van der Waals surface area contributed by atoms with E-state index >= 15 is 0 Å². The summed E-state index contributed by atoms with van der Waals surface area (Å²) in [4.78, 5) is 24.2. The predicted molar refractivity (Wildman–Crippen MR) is 121 cm³/mol. The fourth-order valence-electron chi connectivity index (χ4n) is 2.04. The Morgan fingerprint density at radius 2 is 1.78 bits per heavy atom. The molecule has 8 nitrogen and oxygen atoms in total. The molecule has 7 N–H and O–H groups in total. The molecule has 2 rings (SSSR count). The van der Waals surface area contributed by atoms with Crippen LogP contribution in [0.4, 0.5) is 30.4 Å². The van der Waals surface area contributed by atoms with Crippen LogP contribution in [-0.4, -0.2) is 42.3 Å². The molecular formula is C20H26ClF3N6O2. The molecule has 0 saturated carbocycles. The fraction of sp³-hybridized carbons (Fsp3) is 0.300. The molecule has 0 spiro atoms. The second-order valence-corrected chi connectivity index (χ2v) is 7.08. The zero-order chi connectivity index (χ0) is 25.2. The van der Waals surface area contributed by atoms with E-state index in [1.54, 1.807) is 0 Å². The number of pyridine rings is 1. The van der Waals surface area contributed by atoms with Gasteiger partial charge < -0.3 is 27.5 Å². The summed E-state index contributed by atoms with van der Waals surface area (Å²) >= 11 is 5.85. The third-order valence-electron chi connectivity index (χ3n) is 4.08. The maximum absolute atomic E-state index is 12.4. The molecule has 1 unspecified atom stereocenters. The number of nitrogens with two attached hydrogens (primary N) is 3. The Kier molecular flexibility index (Phi) is 11.4. The Balaban J connectivity index is 0.000000518. The first kappa shape index (κ1) is 28.8. The predicted octanol–water partition coefficient (Wildman–Crippen LogP) is 3.58. The van der Waals surface area contributed by atoms with Crippen LogP contribution in [0.1, 0.15) is 36.6 Å². The van der Waals surface area contributed by atoms with Gasteiger partial charge in [-0.15, -0.1) is 0 Å². The number of rotatable bonds is 4. The summed E-state index contributed by atoms with van der Waals surface area (Å²) in [6.45, 7) is 3.10. The number of Topliss-reactive ketones (excluding diaryl/α,β-unsaturated/α-hetero) is 1. The molecule has 2 aromatic rings. The van der Waals surface area contributed by atoms with E-state index in [2.05, 4.69) is 4.98 Å². The number of benzene rings is 1. The van der Waals surface area contributed by atoms with Crippen molar-refractivity contribution in [2.75, 3.05) is 31.3 Å². The average molecular weight is 475 g/mol. The zero-order valence-electron chi connectivity index (χ0n) is 18.0. The molecule has 1 aromatic heterocycles. The fourth-order valence-corrected chi connectivity index (χ4v) is 2.38. The molecular weight excluding hydrogens is 449 g/mol. The minimum Gasteiger partial charge on any atom is -0.396 e. The highest BCUT2D eigenvalue weighted by atomic mass is 35.5. The van der Waals surface area contributed by atoms with Gasteiger partial charge in [-0.2, -0.15) is 13.2 Å². The van der Waals surface area contributed by atoms with Crippen LogP contribution in [0.25, 0.3) is 0 Å². The summed E-state index contributed by atoms with van der Waals surface area (Å²) in [6.07, 6.45) is -1.66. The second-order valence-electron chi connectivity index (χ2n) is 6.67. The molecule has 0 saturated heterocycles. The van der Waals surface area contributed by atoms with Gasteiger partial charge in [0.15, 0.2) is 12.1 Å². The van der Waals surface area contributed by atoms with Crippen molar-refractivity contribution in [1.29, 1.82) is 5.41 Å². The van der Waals surface area contributed by atoms with Crippen molar-refractivity contribution in [3.63, 3.8) is 0 Å². The number of carbonyl (C=O) groups excluding carboxylic acids is 2. The number of nitrogens with zero attached hydrogens (tertiary/aromatic N) is 2. The van der Waals surface area contributed by atoms with Crippen LogP contribution >= 0.6 is 11.6 Å². The van der Waals surface area contributed by atoms with Gasteiger partial charge in [-0.3, -0.25) is 9.59 Å². The topological polar surface area (TPSA) is 152 Å². The van der Waals surface area contributed by atoms with Gasteiger partial charge in [-0.25, -0.2) is 4.98 Å². The third-order valence-corrected chi connectivity index (χ3v) is 4.41. The quantitative estimate of drug-likeness (QED) is 0.300. The smallest absolute Gasteiger partial charge is 0.396 e. The lowest BCUT2D eigenvalue weighted by atomic mass is 10.1. The summed E-state index contributed by atoms with van der Waals surface area (Å²) in [5.41, 5.74) is 17.3. The normalized spacial score (nSPS) is 11.4. The Morgan fingerprint density at radius 1 is 1.25 bits per heavy atom. The van der Waals surface area contributed by atoms with E-state index in [-0.39, 0.29) is 23.2 Å². The molecule has 1 heterocycles. The van der Waals surface area contributed by atoms with E-state index in [0.29, 0.717) is 22.5 Å². The first-order valence-corrected chi connectivity index (χ1v) is 9.33. The Morgan fingerprint density at radius 3 is 2.12 bits per heavy atom. The molecule has 12 heteroatoms. The van der Waals surface area contributed by atoms with Crippen LogP contribution < -0.4 is 17.2 Å². The molecule has 1 atom stereocenters. The van der Waals surface area contributed by atoms with Crippen LogP contribution in [0.3, 0.4) is 0 Å². The van der Waals surface area contributed by atoms with Gasteiger partial charge in [0.05, 0.1) is 28.7 Å². The standard InChI is InChI=1S/C11H13ClF3N.C6H9N5.C3H4O2/c1-7(16(2)3)9-5-4-8(6-10(9)12)11(13,14)15;7-1-3-5(9)4(8)2-11-6(3)10;1-3(5)2-4/h4-7H,1-3H3;1-2,7H,8H2,(H4,9,10,11);2H,1H3. The van der Waals surface area contributed by atoms with Crippen molar-refractivity contribution in [2.45, 2.75) is 26.1 Å². The third kappa shape index (κ3) is 8.90. The highest BCUT2D eigenvalue weighted by molar-refractivity contribution is 6.31. The van der Waals surface area contributed by atoms with Gasteiger partial charge in [-0.1, -0.05) is 17.7 Å². The maximum Gasteiger partial charge on any atom is 0.416 e. The minimum absolute atomic E-state index is 0.0187. The first-order valence-electron chi connectivity index (χ1n) is 8.95. The van der Waals surface area contributed by atoms with Crippen molar-refractivity contribution in [3.8, 4) is 0 Å². The van der Waals surface area contributed by atoms with Crippen LogP contribution in [-0.2, 0) is 15.8 Å². The number of halogens is 4. The van der Waals surface area contributed by atoms with E-state index in [1.165, 1.54) is 19.2 Å². The summed E-state index contributed by atoms with van der Waals surface area (Å²) in [5.74, 6) is -0.197. The number of alkyl halides is 3. The van der Waals surface area contributed by atoms with E-state index < -0.39 is 17.5 Å². The first-order chi connectivity index (χ1) is 14.7. The van der Waals surface area contributed by atoms with Crippen LogP contribution in [0.15, 0.2) is 24.4 Å². The average Bonchev–Trinajstić information content (AvgIpc) is 2.71.